The Morgan fingerprint density at radius 3 is 2.47 bits per heavy atom. The zero-order valence-corrected chi connectivity index (χ0v) is 11.6. The van der Waals surface area contributed by atoms with Crippen LogP contribution in [-0.4, -0.2) is 19.9 Å². The number of hydrogen-bond acceptors (Lipinski definition) is 3. The highest BCUT2D eigenvalue weighted by molar-refractivity contribution is 5.57. The van der Waals surface area contributed by atoms with Crippen molar-refractivity contribution >= 4 is 0 Å². The van der Waals surface area contributed by atoms with E-state index >= 15 is 0 Å². The first-order valence-electron chi connectivity index (χ1n) is 6.16. The monoisotopic (exact) mass is 263 g/mol. The van der Waals surface area contributed by atoms with E-state index in [0.717, 1.165) is 5.56 Å². The van der Waals surface area contributed by atoms with Crippen molar-refractivity contribution in [1.29, 1.82) is 0 Å². The summed E-state index contributed by atoms with van der Waals surface area (Å²) in [6.45, 7) is 7.56. The maximum absolute atomic E-state index is 13.3. The Morgan fingerprint density at radius 2 is 1.95 bits per heavy atom. The molecule has 0 fully saturated rings. The smallest absolute Gasteiger partial charge is 0.164 e. The average Bonchev–Trinajstić information content (AvgIpc) is 2.76. The summed E-state index contributed by atoms with van der Waals surface area (Å²) in [4.78, 5) is 0. The van der Waals surface area contributed by atoms with E-state index in [0.29, 0.717) is 17.2 Å². The summed E-state index contributed by atoms with van der Waals surface area (Å²) in [7, 11) is 0. The summed E-state index contributed by atoms with van der Waals surface area (Å²) in [6, 6.07) is 4.84. The Balaban J connectivity index is 2.62. The lowest BCUT2D eigenvalue weighted by Gasteiger charge is -2.24. The predicted molar refractivity (Wildman–Crippen MR) is 71.1 cm³/mol. The van der Waals surface area contributed by atoms with Crippen LogP contribution in [0.3, 0.4) is 0 Å². The van der Waals surface area contributed by atoms with Gasteiger partial charge in [0.15, 0.2) is 11.6 Å². The van der Waals surface area contributed by atoms with Crippen LogP contribution in [0.5, 0.6) is 0 Å². The first-order valence-corrected chi connectivity index (χ1v) is 6.16. The van der Waals surface area contributed by atoms with Crippen LogP contribution in [0.2, 0.25) is 0 Å². The molecule has 0 aliphatic carbocycles. The van der Waals surface area contributed by atoms with E-state index in [1.807, 2.05) is 25.3 Å². The van der Waals surface area contributed by atoms with Crippen molar-refractivity contribution in [3.63, 3.8) is 0 Å². The van der Waals surface area contributed by atoms with Crippen LogP contribution in [0.4, 0.5) is 4.39 Å². The number of benzene rings is 1. The quantitative estimate of drug-likeness (QED) is 0.906. The number of aromatic nitrogens is 3. The summed E-state index contributed by atoms with van der Waals surface area (Å²) < 4.78 is 15.2. The largest absolute Gasteiger partial charge is 0.388 e. The number of aliphatic hydroxyl groups is 1. The van der Waals surface area contributed by atoms with Crippen LogP contribution < -0.4 is 0 Å². The van der Waals surface area contributed by atoms with Gasteiger partial charge in [0.1, 0.15) is 12.4 Å². The molecular weight excluding hydrogens is 245 g/mol. The SMILES string of the molecule is Cc1cc(-c2nnc(CO)n2C(C)(C)C)ccc1F. The fourth-order valence-corrected chi connectivity index (χ4v) is 2.09. The molecule has 0 aliphatic rings. The predicted octanol–water partition coefficient (Wildman–Crippen LogP) is 2.64. The third-order valence-electron chi connectivity index (χ3n) is 2.96. The van der Waals surface area contributed by atoms with Crippen LogP contribution in [-0.2, 0) is 12.1 Å². The molecule has 0 spiro atoms. The van der Waals surface area contributed by atoms with E-state index in [1.165, 1.54) is 6.07 Å². The second-order valence-corrected chi connectivity index (χ2v) is 5.57. The van der Waals surface area contributed by atoms with Gasteiger partial charge in [-0.25, -0.2) is 4.39 Å². The Hall–Kier alpha value is -1.75. The van der Waals surface area contributed by atoms with Crippen molar-refractivity contribution in [2.75, 3.05) is 0 Å². The maximum atomic E-state index is 13.3. The molecule has 5 heteroatoms. The third-order valence-corrected chi connectivity index (χ3v) is 2.96. The van der Waals surface area contributed by atoms with Gasteiger partial charge in [-0.3, -0.25) is 0 Å². The first kappa shape index (κ1) is 13.7. The molecule has 0 aliphatic heterocycles. The summed E-state index contributed by atoms with van der Waals surface area (Å²) in [6.07, 6.45) is 0. The van der Waals surface area contributed by atoms with Crippen LogP contribution in [0.25, 0.3) is 11.4 Å². The minimum absolute atomic E-state index is 0.176. The molecule has 19 heavy (non-hydrogen) atoms. The fraction of sp³-hybridized carbons (Fsp3) is 0.429. The number of aliphatic hydroxyl groups excluding tert-OH is 1. The van der Waals surface area contributed by atoms with Gasteiger partial charge in [0.2, 0.25) is 0 Å². The van der Waals surface area contributed by atoms with Gasteiger partial charge in [-0.2, -0.15) is 0 Å². The van der Waals surface area contributed by atoms with Crippen LogP contribution in [0.1, 0.15) is 32.2 Å². The fourth-order valence-electron chi connectivity index (χ4n) is 2.09. The van der Waals surface area contributed by atoms with E-state index in [9.17, 15) is 9.50 Å². The molecule has 0 unspecified atom stereocenters. The standard InChI is InChI=1S/C14H18FN3O/c1-9-7-10(5-6-11(9)15)13-17-16-12(8-19)18(13)14(2,3)4/h5-7,19H,8H2,1-4H3. The molecule has 1 N–H and O–H groups in total. The number of halogens is 1. The Kier molecular flexibility index (Phi) is 3.41. The summed E-state index contributed by atoms with van der Waals surface area (Å²) in [5.74, 6) is 0.900. The topological polar surface area (TPSA) is 50.9 Å². The number of nitrogens with zero attached hydrogens (tertiary/aromatic N) is 3. The maximum Gasteiger partial charge on any atom is 0.164 e. The first-order chi connectivity index (χ1) is 8.84. The van der Waals surface area contributed by atoms with E-state index in [4.69, 9.17) is 0 Å². The summed E-state index contributed by atoms with van der Waals surface area (Å²) in [5, 5.41) is 17.5. The van der Waals surface area contributed by atoms with Gasteiger partial charge in [0, 0.05) is 11.1 Å². The zero-order valence-electron chi connectivity index (χ0n) is 11.6. The number of aryl methyl sites for hydroxylation is 1. The van der Waals surface area contributed by atoms with Gasteiger partial charge in [-0.1, -0.05) is 0 Å². The normalized spacial score (nSPS) is 11.9. The molecule has 0 amide bonds. The molecule has 0 radical (unpaired) electrons. The molecular formula is C14H18FN3O. The highest BCUT2D eigenvalue weighted by Crippen LogP contribution is 2.27. The van der Waals surface area contributed by atoms with E-state index in [-0.39, 0.29) is 18.0 Å². The van der Waals surface area contributed by atoms with Crippen molar-refractivity contribution in [2.45, 2.75) is 39.8 Å². The molecule has 2 aromatic rings. The molecule has 1 heterocycles. The highest BCUT2D eigenvalue weighted by atomic mass is 19.1. The minimum atomic E-state index is -0.265. The van der Waals surface area contributed by atoms with Gasteiger partial charge in [-0.15, -0.1) is 10.2 Å². The van der Waals surface area contributed by atoms with Gasteiger partial charge >= 0.3 is 0 Å². The lowest BCUT2D eigenvalue weighted by Crippen LogP contribution is -2.25. The second kappa shape index (κ2) is 4.74. The van der Waals surface area contributed by atoms with E-state index in [1.54, 1.807) is 19.1 Å². The summed E-state index contributed by atoms with van der Waals surface area (Å²) >= 11 is 0. The van der Waals surface area contributed by atoms with Gasteiger partial charge in [0.05, 0.1) is 0 Å². The molecule has 0 bridgehead atoms. The molecule has 4 nitrogen and oxygen atoms in total. The van der Waals surface area contributed by atoms with Gasteiger partial charge in [0.25, 0.3) is 0 Å². The molecule has 0 saturated carbocycles. The van der Waals surface area contributed by atoms with Gasteiger partial charge in [-0.05, 0) is 51.5 Å². The van der Waals surface area contributed by atoms with Crippen molar-refractivity contribution in [2.24, 2.45) is 0 Å². The molecule has 1 aromatic carbocycles. The Bertz CT molecular complexity index is 599. The molecule has 0 atom stereocenters. The van der Waals surface area contributed by atoms with Crippen molar-refractivity contribution in [3.8, 4) is 11.4 Å². The lowest BCUT2D eigenvalue weighted by molar-refractivity contribution is 0.250. The van der Waals surface area contributed by atoms with Crippen molar-refractivity contribution in [1.82, 2.24) is 14.8 Å². The minimum Gasteiger partial charge on any atom is -0.388 e. The van der Waals surface area contributed by atoms with E-state index < -0.39 is 0 Å². The van der Waals surface area contributed by atoms with Crippen LogP contribution >= 0.6 is 0 Å². The van der Waals surface area contributed by atoms with Gasteiger partial charge < -0.3 is 9.67 Å². The van der Waals surface area contributed by atoms with Crippen LogP contribution in [0.15, 0.2) is 18.2 Å². The van der Waals surface area contributed by atoms with E-state index in [2.05, 4.69) is 10.2 Å². The lowest BCUT2D eigenvalue weighted by atomic mass is 10.1. The third kappa shape index (κ3) is 2.51. The van der Waals surface area contributed by atoms with Crippen molar-refractivity contribution in [3.05, 3.63) is 35.4 Å². The molecule has 2 rings (SSSR count). The highest BCUT2D eigenvalue weighted by Gasteiger charge is 2.23. The zero-order chi connectivity index (χ0) is 14.2. The average molecular weight is 263 g/mol. The molecule has 1 aromatic heterocycles. The molecule has 102 valence electrons. The Morgan fingerprint density at radius 1 is 1.26 bits per heavy atom. The summed E-state index contributed by atoms with van der Waals surface area (Å²) in [5.41, 5.74) is 1.09. The van der Waals surface area contributed by atoms with Crippen molar-refractivity contribution < 1.29 is 9.50 Å². The number of rotatable bonds is 2. The van der Waals surface area contributed by atoms with Crippen LogP contribution in [0, 0.1) is 12.7 Å². The molecule has 0 saturated heterocycles. The second-order valence-electron chi connectivity index (χ2n) is 5.57. The number of hydrogen-bond donors (Lipinski definition) is 1. The Labute approximate surface area is 111 Å².